The second-order valence-corrected chi connectivity index (χ2v) is 10.5. The molecule has 0 atom stereocenters. The summed E-state index contributed by atoms with van der Waals surface area (Å²) in [7, 11) is 0. The van der Waals surface area contributed by atoms with Gasteiger partial charge in [0.2, 0.25) is 5.91 Å². The van der Waals surface area contributed by atoms with E-state index in [9.17, 15) is 9.18 Å². The maximum absolute atomic E-state index is 13.5. The number of carbonyl (C=O) groups excluding carboxylic acids is 1. The molecule has 0 saturated carbocycles. The third kappa shape index (κ3) is 4.32. The topological polar surface area (TPSA) is 86.5 Å². The summed E-state index contributed by atoms with van der Waals surface area (Å²) in [5.74, 6) is -0.324. The molecule has 3 aromatic carbocycles. The van der Waals surface area contributed by atoms with Gasteiger partial charge in [0.1, 0.15) is 11.5 Å². The van der Waals surface area contributed by atoms with Crippen LogP contribution in [0.2, 0.25) is 0 Å². The highest BCUT2D eigenvalue weighted by Gasteiger charge is 2.21. The molecular formula is C31H26FN5O. The van der Waals surface area contributed by atoms with Crippen molar-refractivity contribution in [3.05, 3.63) is 91.0 Å². The van der Waals surface area contributed by atoms with Crippen LogP contribution in [-0.4, -0.2) is 26.1 Å². The highest BCUT2D eigenvalue weighted by Crippen LogP contribution is 2.35. The Morgan fingerprint density at radius 2 is 1.63 bits per heavy atom. The van der Waals surface area contributed by atoms with Crippen molar-refractivity contribution in [3.63, 3.8) is 0 Å². The average Bonchev–Trinajstić information content (AvgIpc) is 3.52. The van der Waals surface area contributed by atoms with E-state index in [-0.39, 0.29) is 11.7 Å². The number of benzene rings is 3. The molecule has 38 heavy (non-hydrogen) atoms. The van der Waals surface area contributed by atoms with Gasteiger partial charge in [-0.25, -0.2) is 4.39 Å². The Kier molecular flexibility index (Phi) is 5.56. The second kappa shape index (κ2) is 8.95. The largest absolute Gasteiger partial charge is 0.353 e. The van der Waals surface area contributed by atoms with Crippen LogP contribution < -0.4 is 5.32 Å². The molecule has 3 N–H and O–H groups in total. The van der Waals surface area contributed by atoms with E-state index in [1.807, 2.05) is 57.2 Å². The number of pyridine rings is 1. The first-order chi connectivity index (χ1) is 18.3. The molecule has 6 nitrogen and oxygen atoms in total. The van der Waals surface area contributed by atoms with Crippen molar-refractivity contribution in [1.82, 2.24) is 20.2 Å². The van der Waals surface area contributed by atoms with Crippen molar-refractivity contribution in [2.45, 2.75) is 20.8 Å². The second-order valence-electron chi connectivity index (χ2n) is 10.5. The van der Waals surface area contributed by atoms with Crippen molar-refractivity contribution in [2.24, 2.45) is 5.41 Å². The zero-order chi connectivity index (χ0) is 26.4. The fourth-order valence-electron chi connectivity index (χ4n) is 4.55. The van der Waals surface area contributed by atoms with Gasteiger partial charge in [-0.1, -0.05) is 51.1 Å². The molecule has 188 valence electrons. The maximum atomic E-state index is 13.5. The number of hydrogen-bond acceptors (Lipinski definition) is 3. The van der Waals surface area contributed by atoms with Crippen LogP contribution in [-0.2, 0) is 4.79 Å². The summed E-state index contributed by atoms with van der Waals surface area (Å²) in [5.41, 5.74) is 7.52. The first kappa shape index (κ1) is 23.6. The minimum atomic E-state index is -0.503. The number of H-pyrrole nitrogens is 2. The van der Waals surface area contributed by atoms with Gasteiger partial charge < -0.3 is 10.3 Å². The summed E-state index contributed by atoms with van der Waals surface area (Å²) >= 11 is 0. The number of aromatic amines is 2. The number of rotatable bonds is 4. The number of carbonyl (C=O) groups is 1. The zero-order valence-corrected chi connectivity index (χ0v) is 21.3. The standard InChI is InChI=1S/C31H26FN5O/c1-31(2,3)30(38)34-22-13-20(16-33-17-22)19-9-12-27-25(14-19)29(37-36-27)28-15-24-23(5-4-6-26(24)35-28)18-7-10-21(32)11-8-18/h4-17,35H,1-3H3,(H,34,38)(H,36,37). The number of amides is 1. The third-order valence-electron chi connectivity index (χ3n) is 6.65. The van der Waals surface area contributed by atoms with Gasteiger partial charge in [0.15, 0.2) is 0 Å². The third-order valence-corrected chi connectivity index (χ3v) is 6.65. The molecule has 0 spiro atoms. The minimum Gasteiger partial charge on any atom is -0.353 e. The Balaban J connectivity index is 1.39. The molecule has 0 saturated heterocycles. The summed E-state index contributed by atoms with van der Waals surface area (Å²) in [5, 5.41) is 12.7. The molecule has 0 unspecified atom stereocenters. The van der Waals surface area contributed by atoms with Crippen molar-refractivity contribution in [2.75, 3.05) is 5.32 Å². The fourth-order valence-corrected chi connectivity index (χ4v) is 4.55. The Hall–Kier alpha value is -4.78. The Labute approximate surface area is 218 Å². The van der Waals surface area contributed by atoms with Crippen LogP contribution in [0.5, 0.6) is 0 Å². The molecule has 0 bridgehead atoms. The normalized spacial score (nSPS) is 11.8. The predicted octanol–water partition coefficient (Wildman–Crippen LogP) is 7.56. The van der Waals surface area contributed by atoms with E-state index in [0.29, 0.717) is 5.69 Å². The van der Waals surface area contributed by atoms with Crippen LogP contribution in [0.1, 0.15) is 20.8 Å². The molecule has 3 aromatic heterocycles. The highest BCUT2D eigenvalue weighted by molar-refractivity contribution is 6.02. The average molecular weight is 504 g/mol. The molecule has 0 aliphatic rings. The molecule has 6 rings (SSSR count). The Bertz CT molecular complexity index is 1810. The fraction of sp³-hybridized carbons (Fsp3) is 0.129. The van der Waals surface area contributed by atoms with Crippen LogP contribution in [0.3, 0.4) is 0 Å². The monoisotopic (exact) mass is 503 g/mol. The highest BCUT2D eigenvalue weighted by atomic mass is 19.1. The van der Waals surface area contributed by atoms with Gasteiger partial charge in [-0.2, -0.15) is 5.10 Å². The molecule has 6 aromatic rings. The van der Waals surface area contributed by atoms with E-state index in [2.05, 4.69) is 37.6 Å². The van der Waals surface area contributed by atoms with Gasteiger partial charge in [-0.05, 0) is 59.2 Å². The lowest BCUT2D eigenvalue weighted by Crippen LogP contribution is -2.27. The summed E-state index contributed by atoms with van der Waals surface area (Å²) in [6.07, 6.45) is 3.43. The van der Waals surface area contributed by atoms with Gasteiger partial charge in [-0.3, -0.25) is 14.9 Å². The van der Waals surface area contributed by atoms with Crippen LogP contribution in [0.25, 0.3) is 55.4 Å². The van der Waals surface area contributed by atoms with Crippen LogP contribution in [0.15, 0.2) is 85.2 Å². The number of hydrogen-bond donors (Lipinski definition) is 3. The molecule has 0 aliphatic heterocycles. The van der Waals surface area contributed by atoms with E-state index in [1.165, 1.54) is 12.1 Å². The number of aromatic nitrogens is 4. The SMILES string of the molecule is CC(C)(C)C(=O)Nc1cncc(-c2ccc3[nH]nc(-c4cc5c(-c6ccc(F)cc6)cccc5[nH]4)c3c2)c1. The summed E-state index contributed by atoms with van der Waals surface area (Å²) in [4.78, 5) is 20.3. The first-order valence-corrected chi connectivity index (χ1v) is 12.4. The van der Waals surface area contributed by atoms with E-state index in [4.69, 9.17) is 0 Å². The summed E-state index contributed by atoms with van der Waals surface area (Å²) in [6, 6.07) is 22.7. The summed E-state index contributed by atoms with van der Waals surface area (Å²) in [6.45, 7) is 5.63. The maximum Gasteiger partial charge on any atom is 0.229 e. The van der Waals surface area contributed by atoms with Gasteiger partial charge in [0.25, 0.3) is 0 Å². The molecule has 7 heteroatoms. The minimum absolute atomic E-state index is 0.0668. The molecule has 0 aliphatic carbocycles. The lowest BCUT2D eigenvalue weighted by molar-refractivity contribution is -0.123. The summed E-state index contributed by atoms with van der Waals surface area (Å²) < 4.78 is 13.5. The van der Waals surface area contributed by atoms with E-state index in [1.54, 1.807) is 24.5 Å². The van der Waals surface area contributed by atoms with Gasteiger partial charge >= 0.3 is 0 Å². The number of nitrogens with zero attached hydrogens (tertiary/aromatic N) is 2. The van der Waals surface area contributed by atoms with Crippen LogP contribution in [0.4, 0.5) is 10.1 Å². The molecule has 0 radical (unpaired) electrons. The van der Waals surface area contributed by atoms with E-state index in [0.717, 1.165) is 55.4 Å². The smallest absolute Gasteiger partial charge is 0.229 e. The number of halogens is 1. The van der Waals surface area contributed by atoms with E-state index < -0.39 is 5.41 Å². The van der Waals surface area contributed by atoms with Crippen molar-refractivity contribution in [3.8, 4) is 33.6 Å². The first-order valence-electron chi connectivity index (χ1n) is 12.4. The predicted molar refractivity (Wildman–Crippen MR) is 150 cm³/mol. The Morgan fingerprint density at radius 1 is 0.842 bits per heavy atom. The molecule has 1 amide bonds. The van der Waals surface area contributed by atoms with Crippen LogP contribution >= 0.6 is 0 Å². The quantitative estimate of drug-likeness (QED) is 0.232. The lowest BCUT2D eigenvalue weighted by atomic mass is 9.95. The number of nitrogens with one attached hydrogen (secondary N) is 3. The van der Waals surface area contributed by atoms with Crippen molar-refractivity contribution < 1.29 is 9.18 Å². The molecular weight excluding hydrogens is 477 g/mol. The van der Waals surface area contributed by atoms with Crippen molar-refractivity contribution >= 4 is 33.4 Å². The van der Waals surface area contributed by atoms with Gasteiger partial charge in [-0.15, -0.1) is 0 Å². The number of anilines is 1. The van der Waals surface area contributed by atoms with Crippen molar-refractivity contribution in [1.29, 1.82) is 0 Å². The molecule has 0 fully saturated rings. The van der Waals surface area contributed by atoms with Crippen LogP contribution in [0, 0.1) is 11.2 Å². The zero-order valence-electron chi connectivity index (χ0n) is 21.3. The van der Waals surface area contributed by atoms with Gasteiger partial charge in [0.05, 0.1) is 23.1 Å². The molecule has 3 heterocycles. The number of fused-ring (bicyclic) bond motifs is 2. The lowest BCUT2D eigenvalue weighted by Gasteiger charge is -2.17. The van der Waals surface area contributed by atoms with Gasteiger partial charge in [0, 0.05) is 33.5 Å². The Morgan fingerprint density at radius 3 is 2.42 bits per heavy atom. The van der Waals surface area contributed by atoms with E-state index >= 15 is 0 Å².